The van der Waals surface area contributed by atoms with Gasteiger partial charge >= 0.3 is 0 Å². The Balaban J connectivity index is 1.79. The quantitative estimate of drug-likeness (QED) is 0.783. The van der Waals surface area contributed by atoms with Gasteiger partial charge in [0.15, 0.2) is 0 Å². The van der Waals surface area contributed by atoms with Crippen LogP contribution in [0.25, 0.3) is 0 Å². The number of piperidine rings is 1. The van der Waals surface area contributed by atoms with Gasteiger partial charge in [-0.25, -0.2) is 0 Å². The summed E-state index contributed by atoms with van der Waals surface area (Å²) in [5.74, 6) is 0.150. The van der Waals surface area contributed by atoms with Gasteiger partial charge in [0.2, 0.25) is 0 Å². The SMILES string of the molecule is COC(C)C(=O)N1CCC(N2CCCCCC2)CC1. The maximum absolute atomic E-state index is 12.1. The highest BCUT2D eigenvalue weighted by molar-refractivity contribution is 5.80. The Kier molecular flexibility index (Phi) is 5.64. The predicted molar refractivity (Wildman–Crippen MR) is 76.1 cm³/mol. The molecule has 1 amide bonds. The lowest BCUT2D eigenvalue weighted by atomic mass is 10.0. The molecule has 2 aliphatic rings. The monoisotopic (exact) mass is 268 g/mol. The lowest BCUT2D eigenvalue weighted by Gasteiger charge is -2.38. The Morgan fingerprint density at radius 2 is 1.63 bits per heavy atom. The van der Waals surface area contributed by atoms with Crippen LogP contribution < -0.4 is 0 Å². The van der Waals surface area contributed by atoms with Crippen molar-refractivity contribution in [2.45, 2.75) is 57.6 Å². The molecule has 4 nitrogen and oxygen atoms in total. The number of methoxy groups -OCH3 is 1. The molecule has 0 aliphatic carbocycles. The van der Waals surface area contributed by atoms with Crippen molar-refractivity contribution in [1.29, 1.82) is 0 Å². The fraction of sp³-hybridized carbons (Fsp3) is 0.933. The van der Waals surface area contributed by atoms with Gasteiger partial charge in [0.05, 0.1) is 0 Å². The summed E-state index contributed by atoms with van der Waals surface area (Å²) in [4.78, 5) is 16.7. The van der Waals surface area contributed by atoms with E-state index in [1.165, 1.54) is 38.8 Å². The minimum absolute atomic E-state index is 0.150. The van der Waals surface area contributed by atoms with E-state index in [0.29, 0.717) is 6.04 Å². The molecule has 110 valence electrons. The molecule has 0 spiro atoms. The highest BCUT2D eigenvalue weighted by Gasteiger charge is 2.28. The van der Waals surface area contributed by atoms with Gasteiger partial charge in [-0.15, -0.1) is 0 Å². The van der Waals surface area contributed by atoms with E-state index < -0.39 is 0 Å². The second-order valence-corrected chi connectivity index (χ2v) is 5.88. The largest absolute Gasteiger partial charge is 0.372 e. The van der Waals surface area contributed by atoms with Crippen LogP contribution in [0.2, 0.25) is 0 Å². The van der Waals surface area contributed by atoms with Crippen molar-refractivity contribution in [2.75, 3.05) is 33.3 Å². The van der Waals surface area contributed by atoms with Crippen molar-refractivity contribution in [3.63, 3.8) is 0 Å². The summed E-state index contributed by atoms with van der Waals surface area (Å²) in [6, 6.07) is 0.694. The van der Waals surface area contributed by atoms with E-state index in [1.54, 1.807) is 7.11 Å². The number of carbonyl (C=O) groups excluding carboxylic acids is 1. The molecule has 0 saturated carbocycles. The fourth-order valence-electron chi connectivity index (χ4n) is 3.27. The first-order valence-corrected chi connectivity index (χ1v) is 7.78. The number of nitrogens with zero attached hydrogens (tertiary/aromatic N) is 2. The molecule has 1 atom stereocenters. The van der Waals surface area contributed by atoms with Crippen LogP contribution in [0.1, 0.15) is 45.4 Å². The number of amides is 1. The van der Waals surface area contributed by atoms with Gasteiger partial charge in [-0.05, 0) is 45.7 Å². The Morgan fingerprint density at radius 1 is 1.05 bits per heavy atom. The zero-order chi connectivity index (χ0) is 13.7. The van der Waals surface area contributed by atoms with Gasteiger partial charge in [-0.2, -0.15) is 0 Å². The Labute approximate surface area is 117 Å². The minimum atomic E-state index is -0.297. The van der Waals surface area contributed by atoms with Crippen LogP contribution in [-0.4, -0.2) is 61.1 Å². The van der Waals surface area contributed by atoms with Crippen LogP contribution in [-0.2, 0) is 9.53 Å². The van der Waals surface area contributed by atoms with Crippen molar-refractivity contribution < 1.29 is 9.53 Å². The molecule has 2 saturated heterocycles. The molecule has 19 heavy (non-hydrogen) atoms. The van der Waals surface area contributed by atoms with E-state index in [-0.39, 0.29) is 12.0 Å². The minimum Gasteiger partial charge on any atom is -0.372 e. The summed E-state index contributed by atoms with van der Waals surface area (Å²) in [6.45, 7) is 6.14. The van der Waals surface area contributed by atoms with Gasteiger partial charge < -0.3 is 14.5 Å². The molecule has 0 N–H and O–H groups in total. The maximum atomic E-state index is 12.1. The zero-order valence-corrected chi connectivity index (χ0v) is 12.4. The molecule has 2 aliphatic heterocycles. The van der Waals surface area contributed by atoms with Crippen LogP contribution in [0.4, 0.5) is 0 Å². The van der Waals surface area contributed by atoms with Crippen LogP contribution in [0.15, 0.2) is 0 Å². The number of hydrogen-bond donors (Lipinski definition) is 0. The first-order valence-electron chi connectivity index (χ1n) is 7.78. The van der Waals surface area contributed by atoms with Gasteiger partial charge in [0, 0.05) is 26.2 Å². The highest BCUT2D eigenvalue weighted by Crippen LogP contribution is 2.21. The highest BCUT2D eigenvalue weighted by atomic mass is 16.5. The molecule has 0 aromatic heterocycles. The summed E-state index contributed by atoms with van der Waals surface area (Å²) < 4.78 is 5.12. The van der Waals surface area contributed by atoms with E-state index >= 15 is 0 Å². The first kappa shape index (κ1) is 14.8. The number of hydrogen-bond acceptors (Lipinski definition) is 3. The lowest BCUT2D eigenvalue weighted by Crippen LogP contribution is -2.49. The first-order chi connectivity index (χ1) is 9.22. The summed E-state index contributed by atoms with van der Waals surface area (Å²) >= 11 is 0. The number of carbonyl (C=O) groups is 1. The van der Waals surface area contributed by atoms with Crippen LogP contribution in [0, 0.1) is 0 Å². The standard InChI is InChI=1S/C15H28N2O2/c1-13(19-2)15(18)17-11-7-14(8-12-17)16-9-5-3-4-6-10-16/h13-14H,3-12H2,1-2H3. The van der Waals surface area contributed by atoms with Crippen LogP contribution in [0.5, 0.6) is 0 Å². The predicted octanol–water partition coefficient (Wildman–Crippen LogP) is 1.89. The van der Waals surface area contributed by atoms with Crippen molar-refractivity contribution in [3.8, 4) is 0 Å². The van der Waals surface area contributed by atoms with Crippen LogP contribution >= 0.6 is 0 Å². The average Bonchev–Trinajstić information content (AvgIpc) is 2.75. The molecule has 1 unspecified atom stereocenters. The van der Waals surface area contributed by atoms with Gasteiger partial charge in [0.1, 0.15) is 6.10 Å². The van der Waals surface area contributed by atoms with Crippen molar-refractivity contribution >= 4 is 5.91 Å². The second-order valence-electron chi connectivity index (χ2n) is 5.88. The summed E-state index contributed by atoms with van der Waals surface area (Å²) in [6.07, 6.45) is 7.43. The number of ether oxygens (including phenoxy) is 1. The molecular weight excluding hydrogens is 240 g/mol. The normalized spacial score (nSPS) is 25.1. The van der Waals surface area contributed by atoms with Gasteiger partial charge in [-0.1, -0.05) is 12.8 Å². The summed E-state index contributed by atoms with van der Waals surface area (Å²) in [7, 11) is 1.60. The molecule has 2 fully saturated rings. The van der Waals surface area contributed by atoms with E-state index in [1.807, 2.05) is 11.8 Å². The maximum Gasteiger partial charge on any atom is 0.251 e. The fourth-order valence-corrected chi connectivity index (χ4v) is 3.27. The van der Waals surface area contributed by atoms with Crippen molar-refractivity contribution in [1.82, 2.24) is 9.80 Å². The van der Waals surface area contributed by atoms with Gasteiger partial charge in [0.25, 0.3) is 5.91 Å². The van der Waals surface area contributed by atoms with Gasteiger partial charge in [-0.3, -0.25) is 4.79 Å². The molecular formula is C15H28N2O2. The number of likely N-dealkylation sites (tertiary alicyclic amines) is 2. The third-order valence-electron chi connectivity index (χ3n) is 4.63. The van der Waals surface area contributed by atoms with E-state index in [0.717, 1.165) is 25.9 Å². The van der Waals surface area contributed by atoms with E-state index in [4.69, 9.17) is 4.74 Å². The van der Waals surface area contributed by atoms with E-state index in [2.05, 4.69) is 4.90 Å². The van der Waals surface area contributed by atoms with Crippen molar-refractivity contribution in [3.05, 3.63) is 0 Å². The molecule has 0 bridgehead atoms. The van der Waals surface area contributed by atoms with Crippen LogP contribution in [0.3, 0.4) is 0 Å². The topological polar surface area (TPSA) is 32.8 Å². The molecule has 0 aromatic carbocycles. The Hall–Kier alpha value is -0.610. The lowest BCUT2D eigenvalue weighted by molar-refractivity contribution is -0.142. The molecule has 0 radical (unpaired) electrons. The molecule has 4 heteroatoms. The van der Waals surface area contributed by atoms with E-state index in [9.17, 15) is 4.79 Å². The Bertz CT molecular complexity index is 280. The molecule has 0 aromatic rings. The molecule has 2 heterocycles. The third kappa shape index (κ3) is 3.93. The smallest absolute Gasteiger partial charge is 0.251 e. The molecule has 2 rings (SSSR count). The zero-order valence-electron chi connectivity index (χ0n) is 12.4. The second kappa shape index (κ2) is 7.25. The van der Waals surface area contributed by atoms with Crippen molar-refractivity contribution in [2.24, 2.45) is 0 Å². The Morgan fingerprint density at radius 3 is 2.16 bits per heavy atom. The number of rotatable bonds is 3. The third-order valence-corrected chi connectivity index (χ3v) is 4.63. The summed E-state index contributed by atoms with van der Waals surface area (Å²) in [5, 5.41) is 0. The summed E-state index contributed by atoms with van der Waals surface area (Å²) in [5.41, 5.74) is 0. The average molecular weight is 268 g/mol.